The molecule has 0 saturated carbocycles. The predicted octanol–water partition coefficient (Wildman–Crippen LogP) is 2.54. The van der Waals surface area contributed by atoms with Crippen LogP contribution in [0.15, 0.2) is 70.1 Å². The Morgan fingerprint density at radius 1 is 1.21 bits per heavy atom. The Balaban J connectivity index is 1.62. The van der Waals surface area contributed by atoms with Crippen molar-refractivity contribution in [3.8, 4) is 23.2 Å². The molecule has 0 aliphatic carbocycles. The molecule has 0 atom stereocenters. The lowest BCUT2D eigenvalue weighted by Gasteiger charge is -2.09. The molecule has 9 heteroatoms. The minimum Gasteiger partial charge on any atom is -0.484 e. The Hall–Kier alpha value is -4.14. The van der Waals surface area contributed by atoms with Gasteiger partial charge in [-0.2, -0.15) is 9.78 Å². The van der Waals surface area contributed by atoms with Crippen molar-refractivity contribution < 1.29 is 13.9 Å². The average Bonchev–Trinajstić information content (AvgIpc) is 3.36. The Bertz CT molecular complexity index is 1180. The summed E-state index contributed by atoms with van der Waals surface area (Å²) in [4.78, 5) is 31.2. The number of ether oxygens (including phenoxy) is 1. The fraction of sp³-hybridized carbons (Fsp3) is 0.100. The standard InChI is InChI=1S/C20H17N5O4/c1-13-10-18(26)23-20(21-13)25-17(11-15(24-25)16-8-5-9-28-16)22-19(27)12-29-14-6-3-2-4-7-14/h2-11H,12H2,1H3,(H,22,27)(H,21,23,26). The molecular weight excluding hydrogens is 374 g/mol. The number of aromatic amines is 1. The molecule has 3 aromatic heterocycles. The highest BCUT2D eigenvalue weighted by Crippen LogP contribution is 2.24. The number of furan rings is 1. The molecule has 0 aliphatic heterocycles. The fourth-order valence-electron chi connectivity index (χ4n) is 2.68. The average molecular weight is 391 g/mol. The predicted molar refractivity (Wildman–Crippen MR) is 105 cm³/mol. The van der Waals surface area contributed by atoms with Crippen molar-refractivity contribution in [2.75, 3.05) is 11.9 Å². The monoisotopic (exact) mass is 391 g/mol. The molecule has 4 rings (SSSR count). The van der Waals surface area contributed by atoms with Crippen LogP contribution in [0.2, 0.25) is 0 Å². The van der Waals surface area contributed by atoms with E-state index in [9.17, 15) is 9.59 Å². The number of amides is 1. The summed E-state index contributed by atoms with van der Waals surface area (Å²) >= 11 is 0. The maximum absolute atomic E-state index is 12.4. The second-order valence-corrected chi connectivity index (χ2v) is 6.16. The molecule has 4 aromatic rings. The van der Waals surface area contributed by atoms with Crippen molar-refractivity contribution in [3.63, 3.8) is 0 Å². The Kier molecular flexibility index (Phi) is 4.93. The van der Waals surface area contributed by atoms with E-state index in [1.54, 1.807) is 37.3 Å². The Morgan fingerprint density at radius 3 is 2.76 bits per heavy atom. The maximum atomic E-state index is 12.4. The molecule has 0 spiro atoms. The van der Waals surface area contributed by atoms with E-state index in [4.69, 9.17) is 9.15 Å². The molecule has 0 saturated heterocycles. The van der Waals surface area contributed by atoms with Gasteiger partial charge < -0.3 is 14.5 Å². The number of nitrogens with zero attached hydrogens (tertiary/aromatic N) is 3. The van der Waals surface area contributed by atoms with Gasteiger partial charge in [-0.1, -0.05) is 18.2 Å². The highest BCUT2D eigenvalue weighted by molar-refractivity contribution is 5.91. The molecule has 146 valence electrons. The molecule has 0 radical (unpaired) electrons. The van der Waals surface area contributed by atoms with Crippen LogP contribution in [-0.2, 0) is 4.79 Å². The van der Waals surface area contributed by atoms with Crippen LogP contribution in [0.5, 0.6) is 5.75 Å². The lowest BCUT2D eigenvalue weighted by molar-refractivity contribution is -0.118. The Morgan fingerprint density at radius 2 is 2.03 bits per heavy atom. The normalized spacial score (nSPS) is 10.7. The fourth-order valence-corrected chi connectivity index (χ4v) is 2.68. The molecule has 2 N–H and O–H groups in total. The third-order valence-electron chi connectivity index (χ3n) is 3.92. The van der Waals surface area contributed by atoms with Crippen molar-refractivity contribution in [3.05, 3.63) is 76.9 Å². The molecule has 1 aromatic carbocycles. The third kappa shape index (κ3) is 4.24. The summed E-state index contributed by atoms with van der Waals surface area (Å²) in [6, 6.07) is 15.5. The van der Waals surface area contributed by atoms with Gasteiger partial charge in [-0.3, -0.25) is 14.6 Å². The smallest absolute Gasteiger partial charge is 0.263 e. The largest absolute Gasteiger partial charge is 0.484 e. The van der Waals surface area contributed by atoms with E-state index >= 15 is 0 Å². The molecule has 9 nitrogen and oxygen atoms in total. The van der Waals surface area contributed by atoms with Crippen molar-refractivity contribution in [2.45, 2.75) is 6.92 Å². The first-order valence-electron chi connectivity index (χ1n) is 8.78. The van der Waals surface area contributed by atoms with Gasteiger partial charge in [0, 0.05) is 17.8 Å². The minimum absolute atomic E-state index is 0.173. The second-order valence-electron chi connectivity index (χ2n) is 6.16. The van der Waals surface area contributed by atoms with Crippen LogP contribution in [0.3, 0.4) is 0 Å². The summed E-state index contributed by atoms with van der Waals surface area (Å²) < 4.78 is 12.2. The summed E-state index contributed by atoms with van der Waals surface area (Å²) in [5.74, 6) is 1.18. The Labute approximate surface area is 165 Å². The number of carbonyl (C=O) groups is 1. The number of para-hydroxylation sites is 1. The summed E-state index contributed by atoms with van der Waals surface area (Å²) in [7, 11) is 0. The van der Waals surface area contributed by atoms with E-state index in [0.717, 1.165) is 0 Å². The zero-order chi connectivity index (χ0) is 20.2. The SMILES string of the molecule is Cc1cc(=O)[nH]c(-n2nc(-c3ccco3)cc2NC(=O)COc2ccccc2)n1. The first-order valence-corrected chi connectivity index (χ1v) is 8.78. The van der Waals surface area contributed by atoms with Gasteiger partial charge in [-0.05, 0) is 31.2 Å². The van der Waals surface area contributed by atoms with Crippen LogP contribution in [-0.4, -0.2) is 32.3 Å². The number of benzene rings is 1. The second kappa shape index (κ2) is 7.85. The van der Waals surface area contributed by atoms with Gasteiger partial charge in [-0.25, -0.2) is 4.98 Å². The van der Waals surface area contributed by atoms with Crippen LogP contribution < -0.4 is 15.6 Å². The number of carbonyl (C=O) groups excluding carboxylic acids is 1. The van der Waals surface area contributed by atoms with Crippen LogP contribution in [0.4, 0.5) is 5.82 Å². The molecule has 1 amide bonds. The molecule has 0 aliphatic rings. The number of hydrogen-bond donors (Lipinski definition) is 2. The van der Waals surface area contributed by atoms with Crippen molar-refractivity contribution in [1.29, 1.82) is 0 Å². The van der Waals surface area contributed by atoms with E-state index < -0.39 is 5.91 Å². The quantitative estimate of drug-likeness (QED) is 0.522. The highest BCUT2D eigenvalue weighted by Gasteiger charge is 2.17. The third-order valence-corrected chi connectivity index (χ3v) is 3.92. The van der Waals surface area contributed by atoms with Crippen molar-refractivity contribution in [2.24, 2.45) is 0 Å². The van der Waals surface area contributed by atoms with E-state index in [-0.39, 0.29) is 18.1 Å². The highest BCUT2D eigenvalue weighted by atomic mass is 16.5. The van der Waals surface area contributed by atoms with E-state index in [1.165, 1.54) is 17.0 Å². The zero-order valence-corrected chi connectivity index (χ0v) is 15.5. The van der Waals surface area contributed by atoms with Crippen LogP contribution in [0, 0.1) is 6.92 Å². The number of hydrogen-bond acceptors (Lipinski definition) is 6. The number of H-pyrrole nitrogens is 1. The number of anilines is 1. The molecule has 0 fully saturated rings. The van der Waals surface area contributed by atoms with Gasteiger partial charge in [-0.15, -0.1) is 0 Å². The van der Waals surface area contributed by atoms with Gasteiger partial charge in [0.15, 0.2) is 12.4 Å². The summed E-state index contributed by atoms with van der Waals surface area (Å²) in [6.45, 7) is 1.50. The zero-order valence-electron chi connectivity index (χ0n) is 15.5. The van der Waals surface area contributed by atoms with E-state index in [2.05, 4.69) is 20.4 Å². The number of aromatic nitrogens is 4. The van der Waals surface area contributed by atoms with Crippen LogP contribution in [0.1, 0.15) is 5.69 Å². The van der Waals surface area contributed by atoms with Crippen molar-refractivity contribution in [1.82, 2.24) is 19.7 Å². The van der Waals surface area contributed by atoms with Gasteiger partial charge in [0.2, 0.25) is 5.95 Å². The summed E-state index contributed by atoms with van der Waals surface area (Å²) in [5.41, 5.74) is 0.661. The lowest BCUT2D eigenvalue weighted by Crippen LogP contribution is -2.23. The van der Waals surface area contributed by atoms with Gasteiger partial charge in [0.1, 0.15) is 17.3 Å². The van der Waals surface area contributed by atoms with Gasteiger partial charge in [0.25, 0.3) is 11.5 Å². The molecular formula is C20H17N5O4. The first-order chi connectivity index (χ1) is 14.1. The number of rotatable bonds is 6. The summed E-state index contributed by atoms with van der Waals surface area (Å²) in [6.07, 6.45) is 1.52. The topological polar surface area (TPSA) is 115 Å². The molecule has 29 heavy (non-hydrogen) atoms. The maximum Gasteiger partial charge on any atom is 0.263 e. The van der Waals surface area contributed by atoms with E-state index in [1.807, 2.05) is 18.2 Å². The van der Waals surface area contributed by atoms with E-state index in [0.29, 0.717) is 28.7 Å². The molecule has 0 unspecified atom stereocenters. The lowest BCUT2D eigenvalue weighted by atomic mass is 10.3. The number of aryl methyl sites for hydroxylation is 1. The minimum atomic E-state index is -0.393. The first kappa shape index (κ1) is 18.2. The molecule has 0 bridgehead atoms. The van der Waals surface area contributed by atoms with Crippen LogP contribution in [0.25, 0.3) is 17.4 Å². The summed E-state index contributed by atoms with van der Waals surface area (Å²) in [5, 5.41) is 7.14. The number of nitrogens with one attached hydrogen (secondary N) is 2. The van der Waals surface area contributed by atoms with Crippen molar-refractivity contribution >= 4 is 11.7 Å². The van der Waals surface area contributed by atoms with Crippen LogP contribution >= 0.6 is 0 Å². The van der Waals surface area contributed by atoms with Gasteiger partial charge >= 0.3 is 0 Å². The van der Waals surface area contributed by atoms with Gasteiger partial charge in [0.05, 0.1) is 6.26 Å². The molecule has 3 heterocycles.